The summed E-state index contributed by atoms with van der Waals surface area (Å²) >= 11 is 15.6. The van der Waals surface area contributed by atoms with Gasteiger partial charge in [0.1, 0.15) is 5.82 Å². The van der Waals surface area contributed by atoms with E-state index in [0.717, 1.165) is 20.9 Å². The molecule has 3 rings (SSSR count). The van der Waals surface area contributed by atoms with E-state index in [-0.39, 0.29) is 0 Å². The Labute approximate surface area is 133 Å². The lowest BCUT2D eigenvalue weighted by Gasteiger charge is -2.07. The summed E-state index contributed by atoms with van der Waals surface area (Å²) in [6.07, 6.45) is 0. The highest BCUT2D eigenvalue weighted by Gasteiger charge is 2.11. The predicted molar refractivity (Wildman–Crippen MR) is 87.1 cm³/mol. The second-order valence-corrected chi connectivity index (χ2v) is 5.98. The van der Waals surface area contributed by atoms with Crippen LogP contribution in [0.5, 0.6) is 0 Å². The number of nitrogens with zero attached hydrogens (tertiary/aromatic N) is 2. The molecule has 0 unspecified atom stereocenters. The Kier molecular flexibility index (Phi) is 3.54. The highest BCUT2D eigenvalue weighted by atomic mass is 79.9. The van der Waals surface area contributed by atoms with Gasteiger partial charge >= 0.3 is 0 Å². The minimum absolute atomic E-state index is 0.378. The highest BCUT2D eigenvalue weighted by Crippen LogP contribution is 2.31. The van der Waals surface area contributed by atoms with Gasteiger partial charge in [-0.2, -0.15) is 0 Å². The van der Waals surface area contributed by atoms with Crippen molar-refractivity contribution in [3.63, 3.8) is 0 Å². The van der Waals surface area contributed by atoms with Gasteiger partial charge in [0.15, 0.2) is 5.82 Å². The van der Waals surface area contributed by atoms with Crippen LogP contribution in [0.2, 0.25) is 10.0 Å². The van der Waals surface area contributed by atoms with Gasteiger partial charge < -0.3 is 5.73 Å². The highest BCUT2D eigenvalue weighted by molar-refractivity contribution is 9.10. The van der Waals surface area contributed by atoms with E-state index >= 15 is 0 Å². The molecule has 0 saturated carbocycles. The number of hydrogen-bond donors (Lipinski definition) is 1. The van der Waals surface area contributed by atoms with Crippen LogP contribution in [0.15, 0.2) is 40.9 Å². The number of rotatable bonds is 1. The molecule has 0 aliphatic carbocycles. The van der Waals surface area contributed by atoms with Crippen LogP contribution < -0.4 is 5.73 Å². The van der Waals surface area contributed by atoms with Crippen LogP contribution in [0, 0.1) is 0 Å². The first-order valence-electron chi connectivity index (χ1n) is 5.73. The number of halogens is 3. The van der Waals surface area contributed by atoms with Crippen LogP contribution in [-0.2, 0) is 0 Å². The van der Waals surface area contributed by atoms with Gasteiger partial charge in [-0.05, 0) is 36.4 Å². The van der Waals surface area contributed by atoms with Crippen molar-refractivity contribution in [1.29, 1.82) is 0 Å². The summed E-state index contributed by atoms with van der Waals surface area (Å²) < 4.78 is 0.898. The van der Waals surface area contributed by atoms with E-state index in [9.17, 15) is 0 Å². The number of hydrogen-bond acceptors (Lipinski definition) is 3. The Morgan fingerprint density at radius 2 is 1.80 bits per heavy atom. The maximum absolute atomic E-state index is 6.20. The molecular formula is C14H8BrCl2N3. The van der Waals surface area contributed by atoms with Gasteiger partial charge in [0, 0.05) is 20.4 Å². The normalized spacial score (nSPS) is 10.9. The zero-order valence-electron chi connectivity index (χ0n) is 10.1. The van der Waals surface area contributed by atoms with E-state index in [1.165, 1.54) is 0 Å². The van der Waals surface area contributed by atoms with Crippen LogP contribution in [0.3, 0.4) is 0 Å². The lowest BCUT2D eigenvalue weighted by Crippen LogP contribution is -1.98. The summed E-state index contributed by atoms with van der Waals surface area (Å²) in [6.45, 7) is 0. The number of aromatic nitrogens is 2. The van der Waals surface area contributed by atoms with Crippen molar-refractivity contribution in [2.24, 2.45) is 0 Å². The monoisotopic (exact) mass is 367 g/mol. The number of nitrogen functional groups attached to an aromatic ring is 1. The molecule has 2 N–H and O–H groups in total. The molecule has 1 heterocycles. The molecule has 1 aromatic heterocycles. The maximum Gasteiger partial charge on any atom is 0.163 e. The van der Waals surface area contributed by atoms with E-state index in [2.05, 4.69) is 25.9 Å². The third-order valence-electron chi connectivity index (χ3n) is 2.86. The second-order valence-electron chi connectivity index (χ2n) is 4.22. The van der Waals surface area contributed by atoms with E-state index in [1.54, 1.807) is 18.2 Å². The van der Waals surface area contributed by atoms with Crippen LogP contribution in [0.25, 0.3) is 22.3 Å². The summed E-state index contributed by atoms with van der Waals surface area (Å²) in [5, 5.41) is 1.90. The Morgan fingerprint density at radius 1 is 1.00 bits per heavy atom. The van der Waals surface area contributed by atoms with Gasteiger partial charge in [0.25, 0.3) is 0 Å². The molecule has 0 bridgehead atoms. The molecule has 0 saturated heterocycles. The van der Waals surface area contributed by atoms with Gasteiger partial charge in [-0.3, -0.25) is 0 Å². The molecule has 20 heavy (non-hydrogen) atoms. The Bertz CT molecular complexity index is 821. The first kappa shape index (κ1) is 13.6. The van der Waals surface area contributed by atoms with Gasteiger partial charge in [0.2, 0.25) is 0 Å². The molecule has 100 valence electrons. The average molecular weight is 369 g/mol. The number of anilines is 1. The van der Waals surface area contributed by atoms with Crippen molar-refractivity contribution in [2.45, 2.75) is 0 Å². The standard InChI is InChI=1S/C14H8BrCl2N3/c15-7-1-3-11(17)9(5-7)14-19-12-4-2-8(16)6-10(12)13(18)20-14/h1-6H,(H2,18,19,20). The molecule has 3 aromatic rings. The topological polar surface area (TPSA) is 51.8 Å². The van der Waals surface area contributed by atoms with Crippen molar-refractivity contribution in [1.82, 2.24) is 9.97 Å². The molecule has 0 fully saturated rings. The fourth-order valence-electron chi connectivity index (χ4n) is 1.91. The minimum Gasteiger partial charge on any atom is -0.383 e. The van der Waals surface area contributed by atoms with Crippen molar-refractivity contribution in [3.05, 3.63) is 50.9 Å². The molecule has 0 atom stereocenters. The molecule has 0 amide bonds. The lowest BCUT2D eigenvalue weighted by molar-refractivity contribution is 1.23. The molecule has 2 aromatic carbocycles. The summed E-state index contributed by atoms with van der Waals surface area (Å²) in [5.41, 5.74) is 7.44. The summed E-state index contributed by atoms with van der Waals surface area (Å²) in [6, 6.07) is 10.8. The van der Waals surface area contributed by atoms with E-state index < -0.39 is 0 Å². The van der Waals surface area contributed by atoms with Gasteiger partial charge in [-0.1, -0.05) is 39.1 Å². The van der Waals surface area contributed by atoms with Gasteiger partial charge in [0.05, 0.1) is 10.5 Å². The zero-order chi connectivity index (χ0) is 14.3. The van der Waals surface area contributed by atoms with Crippen LogP contribution in [-0.4, -0.2) is 9.97 Å². The van der Waals surface area contributed by atoms with Crippen molar-refractivity contribution in [3.8, 4) is 11.4 Å². The quantitative estimate of drug-likeness (QED) is 0.661. The van der Waals surface area contributed by atoms with Crippen LogP contribution in [0.1, 0.15) is 0 Å². The lowest BCUT2D eigenvalue weighted by atomic mass is 10.2. The van der Waals surface area contributed by atoms with E-state index in [4.69, 9.17) is 28.9 Å². The third kappa shape index (κ3) is 2.46. The number of nitrogens with two attached hydrogens (primary N) is 1. The average Bonchev–Trinajstić information content (AvgIpc) is 2.42. The second kappa shape index (κ2) is 5.20. The van der Waals surface area contributed by atoms with Gasteiger partial charge in [-0.15, -0.1) is 0 Å². The molecule has 6 heteroatoms. The largest absolute Gasteiger partial charge is 0.383 e. The maximum atomic E-state index is 6.20. The number of benzene rings is 2. The molecule has 0 aliphatic rings. The van der Waals surface area contributed by atoms with Gasteiger partial charge in [-0.25, -0.2) is 9.97 Å². The summed E-state index contributed by atoms with van der Waals surface area (Å²) in [5.74, 6) is 0.868. The van der Waals surface area contributed by atoms with Crippen molar-refractivity contribution >= 4 is 55.9 Å². The third-order valence-corrected chi connectivity index (χ3v) is 3.91. The zero-order valence-corrected chi connectivity index (χ0v) is 13.2. The SMILES string of the molecule is Nc1nc(-c2cc(Br)ccc2Cl)nc2ccc(Cl)cc12. The van der Waals surface area contributed by atoms with Crippen molar-refractivity contribution in [2.75, 3.05) is 5.73 Å². The fourth-order valence-corrected chi connectivity index (χ4v) is 2.65. The van der Waals surface area contributed by atoms with Crippen LogP contribution in [0.4, 0.5) is 5.82 Å². The Hall–Kier alpha value is -1.36. The first-order valence-corrected chi connectivity index (χ1v) is 7.28. The molecule has 0 aliphatic heterocycles. The van der Waals surface area contributed by atoms with Crippen molar-refractivity contribution < 1.29 is 0 Å². The summed E-state index contributed by atoms with van der Waals surface area (Å²) in [7, 11) is 0. The number of fused-ring (bicyclic) bond motifs is 1. The molecule has 0 spiro atoms. The fraction of sp³-hybridized carbons (Fsp3) is 0. The van der Waals surface area contributed by atoms with E-state index in [1.807, 2.05) is 18.2 Å². The smallest absolute Gasteiger partial charge is 0.163 e. The van der Waals surface area contributed by atoms with Crippen LogP contribution >= 0.6 is 39.1 Å². The Morgan fingerprint density at radius 3 is 2.60 bits per heavy atom. The predicted octanol–water partition coefficient (Wildman–Crippen LogP) is 4.95. The minimum atomic E-state index is 0.378. The molecule has 0 radical (unpaired) electrons. The summed E-state index contributed by atoms with van der Waals surface area (Å²) in [4.78, 5) is 8.81. The molecular weight excluding hydrogens is 361 g/mol. The molecule has 3 nitrogen and oxygen atoms in total. The Balaban J connectivity index is 2.27. The van der Waals surface area contributed by atoms with E-state index in [0.29, 0.717) is 21.7 Å². The first-order chi connectivity index (χ1) is 9.54.